The first-order valence-corrected chi connectivity index (χ1v) is 10.2. The minimum Gasteiger partial charge on any atom is -0.378 e. The summed E-state index contributed by atoms with van der Waals surface area (Å²) in [7, 11) is 0. The molecule has 3 aromatic rings. The minimum absolute atomic E-state index is 0.271. The van der Waals surface area contributed by atoms with E-state index in [-0.39, 0.29) is 5.91 Å². The van der Waals surface area contributed by atoms with Crippen LogP contribution in [0.2, 0.25) is 0 Å². The Morgan fingerprint density at radius 1 is 1.03 bits per heavy atom. The third-order valence-electron chi connectivity index (χ3n) is 4.83. The van der Waals surface area contributed by atoms with Crippen LogP contribution in [0, 0.1) is 0 Å². The molecule has 0 atom stereocenters. The van der Waals surface area contributed by atoms with Crippen LogP contribution in [0.15, 0.2) is 60.9 Å². The van der Waals surface area contributed by atoms with E-state index in [1.165, 1.54) is 5.56 Å². The first-order chi connectivity index (χ1) is 15.3. The average Bonchev–Trinajstić information content (AvgIpc) is 2.84. The van der Waals surface area contributed by atoms with Gasteiger partial charge in [-0.3, -0.25) is 20.6 Å². The predicted molar refractivity (Wildman–Crippen MR) is 119 cm³/mol. The van der Waals surface area contributed by atoms with Gasteiger partial charge >= 0.3 is 0 Å². The summed E-state index contributed by atoms with van der Waals surface area (Å²) in [5.41, 5.74) is 7.32. The van der Waals surface area contributed by atoms with Crippen molar-refractivity contribution in [2.24, 2.45) is 0 Å². The highest BCUT2D eigenvalue weighted by Crippen LogP contribution is 2.19. The minimum atomic E-state index is -0.271. The van der Waals surface area contributed by atoms with Crippen LogP contribution < -0.4 is 21.1 Å². The molecule has 1 saturated heterocycles. The molecule has 2 aromatic heterocycles. The van der Waals surface area contributed by atoms with Crippen LogP contribution >= 0.6 is 0 Å². The van der Waals surface area contributed by atoms with E-state index >= 15 is 0 Å². The molecule has 160 valence electrons. The maximum Gasteiger partial charge on any atom is 0.269 e. The molecule has 3 heterocycles. The molecule has 1 aromatic carbocycles. The molecule has 0 spiro atoms. The summed E-state index contributed by atoms with van der Waals surface area (Å²) in [5.74, 6) is 1.51. The topological polar surface area (TPSA) is 104 Å². The van der Waals surface area contributed by atoms with Gasteiger partial charge in [0.15, 0.2) is 5.82 Å². The molecule has 9 nitrogen and oxygen atoms in total. The second kappa shape index (κ2) is 10.4. The number of rotatable bonds is 8. The van der Waals surface area contributed by atoms with Gasteiger partial charge in [0.1, 0.15) is 5.82 Å². The molecule has 3 N–H and O–H groups in total. The summed E-state index contributed by atoms with van der Waals surface area (Å²) in [4.78, 5) is 27.6. The molecule has 1 aliphatic rings. The van der Waals surface area contributed by atoms with Crippen molar-refractivity contribution in [1.82, 2.24) is 20.4 Å². The van der Waals surface area contributed by atoms with Gasteiger partial charge in [-0.25, -0.2) is 0 Å². The number of hydrogen-bond donors (Lipinski definition) is 3. The second-order valence-corrected chi connectivity index (χ2v) is 7.01. The molecule has 0 saturated carbocycles. The zero-order chi connectivity index (χ0) is 21.3. The van der Waals surface area contributed by atoms with Crippen molar-refractivity contribution < 1.29 is 9.53 Å². The number of carbonyl (C=O) groups excluding carboxylic acids is 1. The highest BCUT2D eigenvalue weighted by molar-refractivity contribution is 5.94. The quantitative estimate of drug-likeness (QED) is 0.477. The van der Waals surface area contributed by atoms with Crippen molar-refractivity contribution in [2.45, 2.75) is 6.42 Å². The Kier molecular flexibility index (Phi) is 6.86. The lowest BCUT2D eigenvalue weighted by Gasteiger charge is -2.28. The molecule has 4 rings (SSSR count). The Bertz CT molecular complexity index is 980. The zero-order valence-corrected chi connectivity index (χ0v) is 17.1. The largest absolute Gasteiger partial charge is 0.378 e. The van der Waals surface area contributed by atoms with Crippen molar-refractivity contribution in [3.05, 3.63) is 72.1 Å². The number of morpholine rings is 1. The highest BCUT2D eigenvalue weighted by Gasteiger charge is 2.15. The average molecular weight is 419 g/mol. The molecule has 1 aliphatic heterocycles. The number of carbonyl (C=O) groups is 1. The van der Waals surface area contributed by atoms with Crippen LogP contribution in [-0.2, 0) is 11.2 Å². The van der Waals surface area contributed by atoms with Crippen molar-refractivity contribution in [3.8, 4) is 0 Å². The predicted octanol–water partition coefficient (Wildman–Crippen LogP) is 2.12. The van der Waals surface area contributed by atoms with Gasteiger partial charge in [-0.2, -0.15) is 9.97 Å². The number of anilines is 3. The van der Waals surface area contributed by atoms with E-state index in [4.69, 9.17) is 4.74 Å². The first-order valence-electron chi connectivity index (χ1n) is 10.2. The number of nitrogens with one attached hydrogen (secondary N) is 3. The molecular weight excluding hydrogens is 394 g/mol. The lowest BCUT2D eigenvalue weighted by Crippen LogP contribution is -2.37. The monoisotopic (exact) mass is 419 g/mol. The lowest BCUT2D eigenvalue weighted by atomic mass is 10.1. The van der Waals surface area contributed by atoms with E-state index in [2.05, 4.69) is 48.2 Å². The summed E-state index contributed by atoms with van der Waals surface area (Å²) in [6, 6.07) is 15.4. The van der Waals surface area contributed by atoms with E-state index in [1.54, 1.807) is 24.5 Å². The second-order valence-electron chi connectivity index (χ2n) is 7.01. The van der Waals surface area contributed by atoms with E-state index in [0.717, 1.165) is 25.3 Å². The molecule has 9 heteroatoms. The van der Waals surface area contributed by atoms with E-state index in [9.17, 15) is 4.79 Å². The number of ether oxygens (including phenoxy) is 1. The molecule has 0 radical (unpaired) electrons. The first kappa shape index (κ1) is 20.5. The van der Waals surface area contributed by atoms with Crippen molar-refractivity contribution in [1.29, 1.82) is 0 Å². The van der Waals surface area contributed by atoms with Gasteiger partial charge in [-0.05, 0) is 24.1 Å². The van der Waals surface area contributed by atoms with Crippen molar-refractivity contribution in [3.63, 3.8) is 0 Å². The number of aromatic nitrogens is 3. The fraction of sp³-hybridized carbons (Fsp3) is 0.273. The van der Waals surface area contributed by atoms with Crippen LogP contribution in [0.1, 0.15) is 15.9 Å². The Balaban J connectivity index is 1.45. The molecule has 0 unspecified atom stereocenters. The standard InChI is InChI=1S/C22H25N7O2/c30-21(18-7-9-23-10-8-18)28-27-19-16-20(29-12-14-31-15-13-29)26-22(25-19)24-11-6-17-4-2-1-3-5-17/h1-5,7-10,16H,6,11-15H2,(H,28,30)(H2,24,25,26,27). The number of nitrogens with zero attached hydrogens (tertiary/aromatic N) is 4. The van der Waals surface area contributed by atoms with E-state index < -0.39 is 0 Å². The normalized spacial score (nSPS) is 13.5. The van der Waals surface area contributed by atoms with Gasteiger partial charge in [-0.1, -0.05) is 30.3 Å². The number of amides is 1. The number of hydrazine groups is 1. The summed E-state index contributed by atoms with van der Waals surface area (Å²) < 4.78 is 5.45. The molecule has 1 amide bonds. The highest BCUT2D eigenvalue weighted by atomic mass is 16.5. The van der Waals surface area contributed by atoms with Crippen LogP contribution in [0.3, 0.4) is 0 Å². The smallest absolute Gasteiger partial charge is 0.269 e. The number of benzene rings is 1. The summed E-state index contributed by atoms with van der Waals surface area (Å²) in [6.07, 6.45) is 4.00. The molecular formula is C22H25N7O2. The Morgan fingerprint density at radius 3 is 2.58 bits per heavy atom. The third kappa shape index (κ3) is 5.89. The van der Waals surface area contributed by atoms with E-state index in [1.807, 2.05) is 24.3 Å². The summed E-state index contributed by atoms with van der Waals surface area (Å²) in [6.45, 7) is 3.51. The van der Waals surface area contributed by atoms with Gasteiger partial charge < -0.3 is 15.0 Å². The molecule has 0 aliphatic carbocycles. The maximum atomic E-state index is 12.3. The van der Waals surface area contributed by atoms with Crippen molar-refractivity contribution >= 4 is 23.5 Å². The van der Waals surface area contributed by atoms with Gasteiger partial charge in [0.25, 0.3) is 5.91 Å². The summed E-state index contributed by atoms with van der Waals surface area (Å²) >= 11 is 0. The Morgan fingerprint density at radius 2 is 1.81 bits per heavy atom. The van der Waals surface area contributed by atoms with Gasteiger partial charge in [0.05, 0.1) is 13.2 Å². The Hall–Kier alpha value is -3.72. The van der Waals surface area contributed by atoms with Gasteiger partial charge in [-0.15, -0.1) is 0 Å². The fourth-order valence-corrected chi connectivity index (χ4v) is 3.19. The van der Waals surface area contributed by atoms with E-state index in [0.29, 0.717) is 37.1 Å². The third-order valence-corrected chi connectivity index (χ3v) is 4.83. The number of pyridine rings is 1. The Labute approximate surface area is 180 Å². The van der Waals surface area contributed by atoms with Crippen LogP contribution in [0.5, 0.6) is 0 Å². The van der Waals surface area contributed by atoms with Crippen LogP contribution in [-0.4, -0.2) is 53.7 Å². The van der Waals surface area contributed by atoms with Crippen molar-refractivity contribution in [2.75, 3.05) is 48.5 Å². The maximum absolute atomic E-state index is 12.3. The van der Waals surface area contributed by atoms with Crippen LogP contribution in [0.25, 0.3) is 0 Å². The molecule has 0 bridgehead atoms. The van der Waals surface area contributed by atoms with Gasteiger partial charge in [0.2, 0.25) is 5.95 Å². The SMILES string of the molecule is O=C(NNc1cc(N2CCOCC2)nc(NCCc2ccccc2)n1)c1ccncc1. The zero-order valence-electron chi connectivity index (χ0n) is 17.1. The van der Waals surface area contributed by atoms with Crippen LogP contribution in [0.4, 0.5) is 17.6 Å². The number of hydrogen-bond acceptors (Lipinski definition) is 8. The molecule has 1 fully saturated rings. The fourth-order valence-electron chi connectivity index (χ4n) is 3.19. The van der Waals surface area contributed by atoms with Gasteiger partial charge in [0, 0.05) is 43.7 Å². The summed E-state index contributed by atoms with van der Waals surface area (Å²) in [5, 5.41) is 3.29. The lowest BCUT2D eigenvalue weighted by molar-refractivity contribution is 0.0962. The molecule has 31 heavy (non-hydrogen) atoms.